The zero-order chi connectivity index (χ0) is 14.7. The molecule has 3 heteroatoms. The number of pyridine rings is 1. The van der Waals surface area contributed by atoms with Gasteiger partial charge in [-0.25, -0.2) is 0 Å². The van der Waals surface area contributed by atoms with E-state index in [0.29, 0.717) is 6.61 Å². The van der Waals surface area contributed by atoms with Crippen molar-refractivity contribution in [1.82, 2.24) is 4.98 Å². The summed E-state index contributed by atoms with van der Waals surface area (Å²) in [6, 6.07) is 16.4. The van der Waals surface area contributed by atoms with Gasteiger partial charge in [-0.1, -0.05) is 58.4 Å². The standard InChI is InChI=1S/C18H16BrNO/c1-13-5-2-7-15(11-19)18(13)21-12-16-8-3-6-14-9-4-10-20-17(14)16/h2-10H,11-12H2,1H3. The summed E-state index contributed by atoms with van der Waals surface area (Å²) in [5.74, 6) is 0.960. The summed E-state index contributed by atoms with van der Waals surface area (Å²) in [5, 5.41) is 1.93. The summed E-state index contributed by atoms with van der Waals surface area (Å²) in [5.41, 5.74) is 4.44. The molecule has 0 radical (unpaired) electrons. The van der Waals surface area contributed by atoms with Crippen LogP contribution >= 0.6 is 15.9 Å². The number of nitrogens with zero attached hydrogens (tertiary/aromatic N) is 1. The number of para-hydroxylation sites is 2. The van der Waals surface area contributed by atoms with Gasteiger partial charge >= 0.3 is 0 Å². The molecule has 0 spiro atoms. The first-order valence-electron chi connectivity index (χ1n) is 6.89. The summed E-state index contributed by atoms with van der Waals surface area (Å²) in [6.45, 7) is 2.60. The highest BCUT2D eigenvalue weighted by molar-refractivity contribution is 9.08. The van der Waals surface area contributed by atoms with Crippen LogP contribution in [-0.2, 0) is 11.9 Å². The van der Waals surface area contributed by atoms with Crippen LogP contribution in [0.5, 0.6) is 5.75 Å². The lowest BCUT2D eigenvalue weighted by molar-refractivity contribution is 0.303. The molecule has 21 heavy (non-hydrogen) atoms. The van der Waals surface area contributed by atoms with E-state index in [2.05, 4.69) is 64.2 Å². The van der Waals surface area contributed by atoms with Crippen molar-refractivity contribution in [2.75, 3.05) is 0 Å². The Morgan fingerprint density at radius 3 is 2.62 bits per heavy atom. The van der Waals surface area contributed by atoms with Gasteiger partial charge in [-0.3, -0.25) is 4.98 Å². The summed E-state index contributed by atoms with van der Waals surface area (Å²) < 4.78 is 6.08. The van der Waals surface area contributed by atoms with Gasteiger partial charge in [-0.05, 0) is 18.6 Å². The third kappa shape index (κ3) is 2.93. The van der Waals surface area contributed by atoms with Gasteiger partial charge in [-0.2, -0.15) is 0 Å². The Labute approximate surface area is 132 Å². The SMILES string of the molecule is Cc1cccc(CBr)c1OCc1cccc2cccnc12. The van der Waals surface area contributed by atoms with Crippen molar-refractivity contribution in [3.8, 4) is 5.75 Å². The molecular formula is C18H16BrNO. The molecule has 2 nitrogen and oxygen atoms in total. The average molecular weight is 342 g/mol. The molecule has 0 bridgehead atoms. The van der Waals surface area contributed by atoms with E-state index in [-0.39, 0.29) is 0 Å². The number of hydrogen-bond donors (Lipinski definition) is 0. The average Bonchev–Trinajstić information content (AvgIpc) is 2.53. The summed E-state index contributed by atoms with van der Waals surface area (Å²) in [6.07, 6.45) is 1.82. The number of aryl methyl sites for hydroxylation is 1. The van der Waals surface area contributed by atoms with Crippen molar-refractivity contribution in [2.45, 2.75) is 18.9 Å². The fourth-order valence-electron chi connectivity index (χ4n) is 2.46. The first kappa shape index (κ1) is 14.1. The zero-order valence-electron chi connectivity index (χ0n) is 11.8. The molecule has 0 saturated heterocycles. The van der Waals surface area contributed by atoms with E-state index in [1.807, 2.05) is 18.3 Å². The predicted octanol–water partition coefficient (Wildman–Crippen LogP) is 5.02. The lowest BCUT2D eigenvalue weighted by atomic mass is 10.1. The highest BCUT2D eigenvalue weighted by atomic mass is 79.9. The summed E-state index contributed by atoms with van der Waals surface area (Å²) in [7, 11) is 0. The van der Waals surface area contributed by atoms with Crippen LogP contribution < -0.4 is 4.74 Å². The highest BCUT2D eigenvalue weighted by Gasteiger charge is 2.08. The topological polar surface area (TPSA) is 22.1 Å². The van der Waals surface area contributed by atoms with E-state index < -0.39 is 0 Å². The lowest BCUT2D eigenvalue weighted by Gasteiger charge is -2.13. The maximum Gasteiger partial charge on any atom is 0.126 e. The van der Waals surface area contributed by atoms with Gasteiger partial charge < -0.3 is 4.74 Å². The zero-order valence-corrected chi connectivity index (χ0v) is 13.4. The third-order valence-electron chi connectivity index (χ3n) is 3.53. The van der Waals surface area contributed by atoms with Gasteiger partial charge in [-0.15, -0.1) is 0 Å². The number of benzene rings is 2. The Morgan fingerprint density at radius 1 is 1.00 bits per heavy atom. The normalized spacial score (nSPS) is 10.8. The van der Waals surface area contributed by atoms with E-state index in [1.54, 1.807) is 0 Å². The number of ether oxygens (including phenoxy) is 1. The van der Waals surface area contributed by atoms with Crippen LogP contribution in [0.15, 0.2) is 54.7 Å². The number of aromatic nitrogens is 1. The number of hydrogen-bond acceptors (Lipinski definition) is 2. The van der Waals surface area contributed by atoms with Crippen molar-refractivity contribution in [1.29, 1.82) is 0 Å². The minimum absolute atomic E-state index is 0.527. The number of halogens is 1. The molecule has 106 valence electrons. The molecule has 0 N–H and O–H groups in total. The summed E-state index contributed by atoms with van der Waals surface area (Å²) in [4.78, 5) is 4.47. The summed E-state index contributed by atoms with van der Waals surface area (Å²) >= 11 is 3.52. The molecular weight excluding hydrogens is 326 g/mol. The second-order valence-corrected chi connectivity index (χ2v) is 5.54. The Bertz CT molecular complexity index is 765. The van der Waals surface area contributed by atoms with Gasteiger partial charge in [0.1, 0.15) is 12.4 Å². The van der Waals surface area contributed by atoms with Crippen LogP contribution in [0.2, 0.25) is 0 Å². The van der Waals surface area contributed by atoms with Crippen molar-refractivity contribution in [2.24, 2.45) is 0 Å². The molecule has 0 atom stereocenters. The third-order valence-corrected chi connectivity index (χ3v) is 4.13. The molecule has 3 aromatic rings. The molecule has 0 amide bonds. The van der Waals surface area contributed by atoms with E-state index in [0.717, 1.165) is 33.1 Å². The minimum Gasteiger partial charge on any atom is -0.488 e. The van der Waals surface area contributed by atoms with Gasteiger partial charge in [0.05, 0.1) is 5.52 Å². The van der Waals surface area contributed by atoms with Crippen molar-refractivity contribution in [3.63, 3.8) is 0 Å². The van der Waals surface area contributed by atoms with E-state index in [9.17, 15) is 0 Å². The Kier molecular flexibility index (Phi) is 4.20. The van der Waals surface area contributed by atoms with Crippen molar-refractivity contribution in [3.05, 3.63) is 71.4 Å². The van der Waals surface area contributed by atoms with E-state index >= 15 is 0 Å². The van der Waals surface area contributed by atoms with Gasteiger partial charge in [0.15, 0.2) is 0 Å². The maximum absolute atomic E-state index is 6.08. The van der Waals surface area contributed by atoms with Crippen LogP contribution in [0.4, 0.5) is 0 Å². The van der Waals surface area contributed by atoms with Crippen LogP contribution in [0.3, 0.4) is 0 Å². The van der Waals surface area contributed by atoms with E-state index in [1.165, 1.54) is 5.56 Å². The molecule has 0 saturated carbocycles. The largest absolute Gasteiger partial charge is 0.488 e. The first-order chi connectivity index (χ1) is 10.3. The van der Waals surface area contributed by atoms with Crippen LogP contribution in [0.25, 0.3) is 10.9 Å². The van der Waals surface area contributed by atoms with E-state index in [4.69, 9.17) is 4.74 Å². The van der Waals surface area contributed by atoms with Crippen molar-refractivity contribution >= 4 is 26.8 Å². The Balaban J connectivity index is 1.91. The van der Waals surface area contributed by atoms with Crippen LogP contribution in [-0.4, -0.2) is 4.98 Å². The second kappa shape index (κ2) is 6.27. The maximum atomic E-state index is 6.08. The monoisotopic (exact) mass is 341 g/mol. The van der Waals surface area contributed by atoms with Gasteiger partial charge in [0.25, 0.3) is 0 Å². The van der Waals surface area contributed by atoms with Gasteiger partial charge in [0, 0.05) is 28.0 Å². The van der Waals surface area contributed by atoms with Crippen molar-refractivity contribution < 1.29 is 4.74 Å². The molecule has 0 aliphatic carbocycles. The van der Waals surface area contributed by atoms with Crippen LogP contribution in [0.1, 0.15) is 16.7 Å². The lowest BCUT2D eigenvalue weighted by Crippen LogP contribution is -2.01. The molecule has 0 aliphatic rings. The molecule has 0 fully saturated rings. The molecule has 1 heterocycles. The first-order valence-corrected chi connectivity index (χ1v) is 8.01. The Hall–Kier alpha value is -1.87. The minimum atomic E-state index is 0.527. The molecule has 3 rings (SSSR count). The highest BCUT2D eigenvalue weighted by Crippen LogP contribution is 2.27. The number of rotatable bonds is 4. The predicted molar refractivity (Wildman–Crippen MR) is 89.9 cm³/mol. The quantitative estimate of drug-likeness (QED) is 0.621. The second-order valence-electron chi connectivity index (χ2n) is 4.98. The molecule has 1 aromatic heterocycles. The molecule has 0 unspecified atom stereocenters. The Morgan fingerprint density at radius 2 is 1.76 bits per heavy atom. The fraction of sp³-hybridized carbons (Fsp3) is 0.167. The number of fused-ring (bicyclic) bond motifs is 1. The van der Waals surface area contributed by atoms with Gasteiger partial charge in [0.2, 0.25) is 0 Å². The van der Waals surface area contributed by atoms with Crippen LogP contribution in [0, 0.1) is 6.92 Å². The molecule has 0 aliphatic heterocycles. The number of alkyl halides is 1. The molecule has 2 aromatic carbocycles. The fourth-order valence-corrected chi connectivity index (χ4v) is 2.90. The smallest absolute Gasteiger partial charge is 0.126 e.